The van der Waals surface area contributed by atoms with E-state index < -0.39 is 17.5 Å². The number of rotatable bonds is 5. The fourth-order valence-electron chi connectivity index (χ4n) is 1.76. The van der Waals surface area contributed by atoms with Gasteiger partial charge in [-0.1, -0.05) is 13.8 Å². The molecule has 3 nitrogen and oxygen atoms in total. The molecule has 1 rings (SSSR count). The highest BCUT2D eigenvalue weighted by Gasteiger charge is 2.18. The molecule has 0 aliphatic rings. The average Bonchev–Trinajstić information content (AvgIpc) is 2.32. The molecule has 0 atom stereocenters. The van der Waals surface area contributed by atoms with Gasteiger partial charge in [-0.2, -0.15) is 5.26 Å². The molecule has 102 valence electrons. The van der Waals surface area contributed by atoms with Crippen molar-refractivity contribution in [1.29, 1.82) is 5.26 Å². The lowest BCUT2D eigenvalue weighted by atomic mass is 10.1. The molecule has 5 heteroatoms. The molecule has 0 aliphatic carbocycles. The van der Waals surface area contributed by atoms with Gasteiger partial charge in [0.15, 0.2) is 0 Å². The van der Waals surface area contributed by atoms with Crippen molar-refractivity contribution in [2.45, 2.75) is 20.3 Å². The zero-order valence-electron chi connectivity index (χ0n) is 11.0. The zero-order valence-corrected chi connectivity index (χ0v) is 11.0. The van der Waals surface area contributed by atoms with E-state index in [1.807, 2.05) is 19.9 Å². The minimum Gasteiger partial charge on any atom is -0.337 e. The Labute approximate surface area is 111 Å². The normalized spacial score (nSPS) is 10.3. The van der Waals surface area contributed by atoms with Crippen molar-refractivity contribution in [2.24, 2.45) is 5.92 Å². The molecule has 1 aromatic rings. The first-order valence-corrected chi connectivity index (χ1v) is 6.06. The second-order valence-corrected chi connectivity index (χ2v) is 4.71. The third-order valence-electron chi connectivity index (χ3n) is 2.48. The van der Waals surface area contributed by atoms with Crippen molar-refractivity contribution in [3.05, 3.63) is 35.4 Å². The summed E-state index contributed by atoms with van der Waals surface area (Å²) in [5, 5.41) is 8.58. The summed E-state index contributed by atoms with van der Waals surface area (Å²) in [4.78, 5) is 13.6. The predicted octanol–water partition coefficient (Wildman–Crippen LogP) is 2.98. The number of halogens is 2. The summed E-state index contributed by atoms with van der Waals surface area (Å²) in [6.07, 6.45) is 0.191. The first-order valence-electron chi connectivity index (χ1n) is 6.06. The van der Waals surface area contributed by atoms with Crippen LogP contribution >= 0.6 is 0 Å². The van der Waals surface area contributed by atoms with E-state index in [1.54, 1.807) is 0 Å². The quantitative estimate of drug-likeness (QED) is 0.822. The number of hydrogen-bond donors (Lipinski definition) is 0. The summed E-state index contributed by atoms with van der Waals surface area (Å²) in [6, 6.07) is 4.69. The van der Waals surface area contributed by atoms with Gasteiger partial charge in [-0.3, -0.25) is 4.79 Å². The van der Waals surface area contributed by atoms with Crippen LogP contribution in [0.5, 0.6) is 0 Å². The minimum absolute atomic E-state index is 0.0314. The number of carbonyl (C=O) groups excluding carboxylic acids is 1. The van der Waals surface area contributed by atoms with Gasteiger partial charge in [0.2, 0.25) is 0 Å². The molecule has 1 aromatic carbocycles. The summed E-state index contributed by atoms with van der Waals surface area (Å²) < 4.78 is 26.2. The Morgan fingerprint density at radius 3 is 2.37 bits per heavy atom. The number of nitrogens with zero attached hydrogens (tertiary/aromatic N) is 2. The molecule has 0 saturated heterocycles. The molecule has 0 aromatic heterocycles. The van der Waals surface area contributed by atoms with E-state index in [1.165, 1.54) is 4.90 Å². The molecule has 0 spiro atoms. The van der Waals surface area contributed by atoms with Crippen molar-refractivity contribution in [3.8, 4) is 6.07 Å². The van der Waals surface area contributed by atoms with E-state index in [0.717, 1.165) is 18.2 Å². The lowest BCUT2D eigenvalue weighted by molar-refractivity contribution is 0.0739. The maximum absolute atomic E-state index is 13.1. The van der Waals surface area contributed by atoms with Crippen LogP contribution < -0.4 is 0 Å². The van der Waals surface area contributed by atoms with Crippen LogP contribution in [0.15, 0.2) is 18.2 Å². The van der Waals surface area contributed by atoms with E-state index in [2.05, 4.69) is 0 Å². The number of amides is 1. The van der Waals surface area contributed by atoms with Gasteiger partial charge in [0.05, 0.1) is 12.5 Å². The standard InChI is InChI=1S/C14H16F2N2O/c1-10(2)9-18(5-3-4-17)14(19)11-6-12(15)8-13(16)7-11/h6-8,10H,3,5,9H2,1-2H3. The van der Waals surface area contributed by atoms with Gasteiger partial charge in [-0.25, -0.2) is 8.78 Å². The lowest BCUT2D eigenvalue weighted by Crippen LogP contribution is -2.35. The molecule has 0 heterocycles. The number of nitriles is 1. The van der Waals surface area contributed by atoms with E-state index in [0.29, 0.717) is 6.54 Å². The smallest absolute Gasteiger partial charge is 0.254 e. The van der Waals surface area contributed by atoms with Gasteiger partial charge >= 0.3 is 0 Å². The molecule has 0 fully saturated rings. The van der Waals surface area contributed by atoms with Gasteiger partial charge < -0.3 is 4.90 Å². The Morgan fingerprint density at radius 2 is 1.89 bits per heavy atom. The van der Waals surface area contributed by atoms with E-state index in [4.69, 9.17) is 5.26 Å². The highest BCUT2D eigenvalue weighted by Crippen LogP contribution is 2.12. The Morgan fingerprint density at radius 1 is 1.32 bits per heavy atom. The van der Waals surface area contributed by atoms with Crippen LogP contribution in [0.4, 0.5) is 8.78 Å². The van der Waals surface area contributed by atoms with Crippen LogP contribution in [0.1, 0.15) is 30.6 Å². The fraction of sp³-hybridized carbons (Fsp3) is 0.429. The Bertz CT molecular complexity index is 474. The predicted molar refractivity (Wildman–Crippen MR) is 67.3 cm³/mol. The van der Waals surface area contributed by atoms with Gasteiger partial charge in [-0.15, -0.1) is 0 Å². The van der Waals surface area contributed by atoms with E-state index in [9.17, 15) is 13.6 Å². The molecule has 0 unspecified atom stereocenters. The van der Waals surface area contributed by atoms with Gasteiger partial charge in [0, 0.05) is 24.7 Å². The maximum atomic E-state index is 13.1. The SMILES string of the molecule is CC(C)CN(CCC#N)C(=O)c1cc(F)cc(F)c1. The number of benzene rings is 1. The van der Waals surface area contributed by atoms with E-state index >= 15 is 0 Å². The third-order valence-corrected chi connectivity index (χ3v) is 2.48. The highest BCUT2D eigenvalue weighted by atomic mass is 19.1. The topological polar surface area (TPSA) is 44.1 Å². The summed E-state index contributed by atoms with van der Waals surface area (Å²) in [6.45, 7) is 4.56. The zero-order chi connectivity index (χ0) is 14.4. The molecule has 0 radical (unpaired) electrons. The molecule has 0 saturated carbocycles. The van der Waals surface area contributed by atoms with Crippen LogP contribution in [-0.2, 0) is 0 Å². The summed E-state index contributed by atoms with van der Waals surface area (Å²) in [5.41, 5.74) is -0.0314. The summed E-state index contributed by atoms with van der Waals surface area (Å²) in [7, 11) is 0. The third kappa shape index (κ3) is 4.66. The number of hydrogen-bond acceptors (Lipinski definition) is 2. The maximum Gasteiger partial charge on any atom is 0.254 e. The molecular formula is C14H16F2N2O. The van der Waals surface area contributed by atoms with Crippen LogP contribution in [0.3, 0.4) is 0 Å². The molecule has 19 heavy (non-hydrogen) atoms. The molecular weight excluding hydrogens is 250 g/mol. The largest absolute Gasteiger partial charge is 0.337 e. The Hall–Kier alpha value is -1.96. The van der Waals surface area contributed by atoms with Crippen molar-refractivity contribution in [1.82, 2.24) is 4.90 Å². The first kappa shape index (κ1) is 15.1. The van der Waals surface area contributed by atoms with Crippen LogP contribution in [0.25, 0.3) is 0 Å². The fourth-order valence-corrected chi connectivity index (χ4v) is 1.76. The van der Waals surface area contributed by atoms with Crippen molar-refractivity contribution in [2.75, 3.05) is 13.1 Å². The van der Waals surface area contributed by atoms with Crippen molar-refractivity contribution in [3.63, 3.8) is 0 Å². The molecule has 0 aliphatic heterocycles. The molecule has 0 N–H and O–H groups in total. The van der Waals surface area contributed by atoms with E-state index in [-0.39, 0.29) is 24.4 Å². The van der Waals surface area contributed by atoms with Crippen molar-refractivity contribution >= 4 is 5.91 Å². The summed E-state index contributed by atoms with van der Waals surface area (Å²) in [5.74, 6) is -1.82. The van der Waals surface area contributed by atoms with Crippen LogP contribution in [-0.4, -0.2) is 23.9 Å². The highest BCUT2D eigenvalue weighted by molar-refractivity contribution is 5.94. The first-order chi connectivity index (χ1) is 8.93. The number of carbonyl (C=O) groups is 1. The monoisotopic (exact) mass is 266 g/mol. The van der Waals surface area contributed by atoms with Gasteiger partial charge in [0.1, 0.15) is 11.6 Å². The minimum atomic E-state index is -0.784. The second kappa shape index (κ2) is 6.83. The van der Waals surface area contributed by atoms with Crippen LogP contribution in [0, 0.1) is 28.9 Å². The second-order valence-electron chi connectivity index (χ2n) is 4.71. The molecule has 0 bridgehead atoms. The Balaban J connectivity index is 2.94. The molecule has 1 amide bonds. The van der Waals surface area contributed by atoms with Crippen LogP contribution in [0.2, 0.25) is 0 Å². The van der Waals surface area contributed by atoms with Crippen molar-refractivity contribution < 1.29 is 13.6 Å². The van der Waals surface area contributed by atoms with Gasteiger partial charge in [0.25, 0.3) is 5.91 Å². The average molecular weight is 266 g/mol. The Kier molecular flexibility index (Phi) is 5.43. The van der Waals surface area contributed by atoms with Gasteiger partial charge in [-0.05, 0) is 18.1 Å². The lowest BCUT2D eigenvalue weighted by Gasteiger charge is -2.23. The summed E-state index contributed by atoms with van der Waals surface area (Å²) >= 11 is 0.